The zero-order chi connectivity index (χ0) is 11.4. The summed E-state index contributed by atoms with van der Waals surface area (Å²) in [4.78, 5) is 1.57. The van der Waals surface area contributed by atoms with Gasteiger partial charge in [-0.05, 0) is 25.6 Å². The summed E-state index contributed by atoms with van der Waals surface area (Å²) >= 11 is 0. The van der Waals surface area contributed by atoms with Crippen molar-refractivity contribution in [2.45, 2.75) is 19.9 Å². The Morgan fingerprint density at radius 2 is 2.07 bits per heavy atom. The number of aryl methyl sites for hydroxylation is 1. The fourth-order valence-corrected chi connectivity index (χ4v) is 1.46. The lowest BCUT2D eigenvalue weighted by atomic mass is 10.1. The lowest BCUT2D eigenvalue weighted by Crippen LogP contribution is -2.24. The SMILES string of the molecule is Cc1ccc(N)c(CN(C)CC(F)F)c1. The molecule has 1 rings (SSSR count). The van der Waals surface area contributed by atoms with Crippen LogP contribution in [0.2, 0.25) is 0 Å². The van der Waals surface area contributed by atoms with Gasteiger partial charge >= 0.3 is 0 Å². The second kappa shape index (κ2) is 5.07. The number of nitrogen functional groups attached to an aromatic ring is 1. The van der Waals surface area contributed by atoms with E-state index < -0.39 is 6.43 Å². The molecule has 0 bridgehead atoms. The molecule has 4 heteroatoms. The van der Waals surface area contributed by atoms with Crippen LogP contribution in [0, 0.1) is 6.92 Å². The van der Waals surface area contributed by atoms with E-state index in [4.69, 9.17) is 5.73 Å². The third kappa shape index (κ3) is 3.83. The van der Waals surface area contributed by atoms with Crippen LogP contribution >= 0.6 is 0 Å². The number of hydrogen-bond acceptors (Lipinski definition) is 2. The van der Waals surface area contributed by atoms with E-state index >= 15 is 0 Å². The molecule has 1 aromatic carbocycles. The molecule has 0 aliphatic rings. The zero-order valence-electron chi connectivity index (χ0n) is 9.00. The first-order valence-electron chi connectivity index (χ1n) is 4.80. The predicted molar refractivity (Wildman–Crippen MR) is 57.9 cm³/mol. The van der Waals surface area contributed by atoms with E-state index in [-0.39, 0.29) is 6.54 Å². The summed E-state index contributed by atoms with van der Waals surface area (Å²) in [6, 6.07) is 5.64. The molecule has 2 nitrogen and oxygen atoms in total. The number of rotatable bonds is 4. The molecule has 0 spiro atoms. The van der Waals surface area contributed by atoms with Crippen LogP contribution in [-0.2, 0) is 6.54 Å². The second-order valence-electron chi connectivity index (χ2n) is 3.79. The molecule has 0 aliphatic heterocycles. The zero-order valence-corrected chi connectivity index (χ0v) is 9.00. The van der Waals surface area contributed by atoms with Gasteiger partial charge < -0.3 is 5.73 Å². The Labute approximate surface area is 88.7 Å². The highest BCUT2D eigenvalue weighted by atomic mass is 19.3. The van der Waals surface area contributed by atoms with E-state index in [0.717, 1.165) is 11.1 Å². The van der Waals surface area contributed by atoms with Crippen molar-refractivity contribution in [3.8, 4) is 0 Å². The minimum Gasteiger partial charge on any atom is -0.398 e. The van der Waals surface area contributed by atoms with Gasteiger partial charge in [-0.25, -0.2) is 8.78 Å². The Morgan fingerprint density at radius 3 is 2.67 bits per heavy atom. The first-order valence-corrected chi connectivity index (χ1v) is 4.80. The van der Waals surface area contributed by atoms with Crippen LogP contribution in [0.25, 0.3) is 0 Å². The van der Waals surface area contributed by atoms with Gasteiger partial charge in [0.25, 0.3) is 6.43 Å². The summed E-state index contributed by atoms with van der Waals surface area (Å²) in [5.74, 6) is 0. The van der Waals surface area contributed by atoms with Crippen molar-refractivity contribution < 1.29 is 8.78 Å². The average Bonchev–Trinajstić information content (AvgIpc) is 2.10. The minimum atomic E-state index is -2.30. The molecule has 0 aliphatic carbocycles. The van der Waals surface area contributed by atoms with E-state index in [0.29, 0.717) is 12.2 Å². The molecule has 84 valence electrons. The number of halogens is 2. The van der Waals surface area contributed by atoms with Crippen LogP contribution in [0.1, 0.15) is 11.1 Å². The molecular weight excluding hydrogens is 198 g/mol. The van der Waals surface area contributed by atoms with Gasteiger partial charge in [-0.2, -0.15) is 0 Å². The van der Waals surface area contributed by atoms with Crippen molar-refractivity contribution in [2.75, 3.05) is 19.3 Å². The van der Waals surface area contributed by atoms with E-state index in [1.165, 1.54) is 0 Å². The maximum atomic E-state index is 12.1. The van der Waals surface area contributed by atoms with E-state index in [1.807, 2.05) is 19.1 Å². The Hall–Kier alpha value is -1.16. The van der Waals surface area contributed by atoms with Gasteiger partial charge in [0.05, 0.1) is 6.54 Å². The van der Waals surface area contributed by atoms with Crippen LogP contribution in [0.5, 0.6) is 0 Å². The number of benzene rings is 1. The molecule has 15 heavy (non-hydrogen) atoms. The standard InChI is InChI=1S/C11H16F2N2/c1-8-3-4-10(14)9(5-8)6-15(2)7-11(12)13/h3-5,11H,6-7,14H2,1-2H3. The van der Waals surface area contributed by atoms with Crippen molar-refractivity contribution in [1.82, 2.24) is 4.90 Å². The van der Waals surface area contributed by atoms with Gasteiger partial charge in [0.15, 0.2) is 0 Å². The largest absolute Gasteiger partial charge is 0.398 e. The maximum absolute atomic E-state index is 12.1. The fraction of sp³-hybridized carbons (Fsp3) is 0.455. The molecule has 0 unspecified atom stereocenters. The van der Waals surface area contributed by atoms with Crippen LogP contribution in [0.15, 0.2) is 18.2 Å². The summed E-state index contributed by atoms with van der Waals surface area (Å²) in [7, 11) is 1.66. The van der Waals surface area contributed by atoms with Gasteiger partial charge in [-0.1, -0.05) is 17.7 Å². The summed E-state index contributed by atoms with van der Waals surface area (Å²) in [5, 5.41) is 0. The van der Waals surface area contributed by atoms with Gasteiger partial charge in [0, 0.05) is 12.2 Å². The topological polar surface area (TPSA) is 29.3 Å². The molecule has 1 aromatic rings. The smallest absolute Gasteiger partial charge is 0.251 e. The number of alkyl halides is 2. The van der Waals surface area contributed by atoms with Crippen LogP contribution in [-0.4, -0.2) is 24.9 Å². The first-order chi connectivity index (χ1) is 6.99. The molecule has 0 saturated heterocycles. The molecule has 0 radical (unpaired) electrons. The molecule has 2 N–H and O–H groups in total. The van der Waals surface area contributed by atoms with E-state index in [2.05, 4.69) is 0 Å². The van der Waals surface area contributed by atoms with Crippen LogP contribution < -0.4 is 5.73 Å². The lowest BCUT2D eigenvalue weighted by Gasteiger charge is -2.17. The number of nitrogens with zero attached hydrogens (tertiary/aromatic N) is 1. The number of hydrogen-bond donors (Lipinski definition) is 1. The van der Waals surface area contributed by atoms with Gasteiger partial charge in [0.2, 0.25) is 0 Å². The van der Waals surface area contributed by atoms with Crippen LogP contribution in [0.3, 0.4) is 0 Å². The first kappa shape index (κ1) is 11.9. The van der Waals surface area contributed by atoms with Crippen molar-refractivity contribution >= 4 is 5.69 Å². The molecule has 0 saturated carbocycles. The van der Waals surface area contributed by atoms with Gasteiger partial charge in [-0.3, -0.25) is 4.90 Å². The molecular formula is C11H16F2N2. The minimum absolute atomic E-state index is 0.229. The lowest BCUT2D eigenvalue weighted by molar-refractivity contribution is 0.0976. The maximum Gasteiger partial charge on any atom is 0.251 e. The third-order valence-electron chi connectivity index (χ3n) is 2.19. The highest BCUT2D eigenvalue weighted by Gasteiger charge is 2.09. The Morgan fingerprint density at radius 1 is 1.40 bits per heavy atom. The van der Waals surface area contributed by atoms with Crippen molar-refractivity contribution in [2.24, 2.45) is 0 Å². The predicted octanol–water partition coefficient (Wildman–Crippen LogP) is 2.27. The number of anilines is 1. The normalized spacial score (nSPS) is 11.3. The average molecular weight is 214 g/mol. The highest BCUT2D eigenvalue weighted by molar-refractivity contribution is 5.48. The molecule has 0 fully saturated rings. The summed E-state index contributed by atoms with van der Waals surface area (Å²) in [5.41, 5.74) is 8.40. The Bertz CT molecular complexity index is 326. The summed E-state index contributed by atoms with van der Waals surface area (Å²) in [6.45, 7) is 2.18. The monoisotopic (exact) mass is 214 g/mol. The van der Waals surface area contributed by atoms with E-state index in [1.54, 1.807) is 18.0 Å². The van der Waals surface area contributed by atoms with Gasteiger partial charge in [-0.15, -0.1) is 0 Å². The second-order valence-corrected chi connectivity index (χ2v) is 3.79. The van der Waals surface area contributed by atoms with Crippen molar-refractivity contribution in [1.29, 1.82) is 0 Å². The molecule has 0 amide bonds. The Balaban J connectivity index is 2.67. The van der Waals surface area contributed by atoms with Crippen molar-refractivity contribution in [3.63, 3.8) is 0 Å². The van der Waals surface area contributed by atoms with Crippen LogP contribution in [0.4, 0.5) is 14.5 Å². The third-order valence-corrected chi connectivity index (χ3v) is 2.19. The summed E-state index contributed by atoms with van der Waals surface area (Å²) in [6.07, 6.45) is -2.30. The molecule has 0 heterocycles. The number of nitrogens with two attached hydrogens (primary N) is 1. The Kier molecular flexibility index (Phi) is 4.03. The van der Waals surface area contributed by atoms with Crippen molar-refractivity contribution in [3.05, 3.63) is 29.3 Å². The quantitative estimate of drug-likeness (QED) is 0.779. The molecule has 0 atom stereocenters. The van der Waals surface area contributed by atoms with Gasteiger partial charge in [0.1, 0.15) is 0 Å². The van der Waals surface area contributed by atoms with E-state index in [9.17, 15) is 8.78 Å². The fourth-order valence-electron chi connectivity index (χ4n) is 1.46. The highest BCUT2D eigenvalue weighted by Crippen LogP contribution is 2.15. The summed E-state index contributed by atoms with van der Waals surface area (Å²) < 4.78 is 24.2. The molecule has 0 aromatic heterocycles.